The van der Waals surface area contributed by atoms with Crippen LogP contribution in [0.15, 0.2) is 65.6 Å². The molecule has 0 radical (unpaired) electrons. The third-order valence-corrected chi connectivity index (χ3v) is 8.93. The number of ether oxygens (including phenoxy) is 1. The number of halogens is 2. The highest BCUT2D eigenvalue weighted by Crippen LogP contribution is 2.34. The lowest BCUT2D eigenvalue weighted by Crippen LogP contribution is -2.37. The summed E-state index contributed by atoms with van der Waals surface area (Å²) in [5.41, 5.74) is 2.48. The number of anilines is 2. The molecule has 1 amide bonds. The summed E-state index contributed by atoms with van der Waals surface area (Å²) in [6, 6.07) is 15.9. The molecule has 0 saturated carbocycles. The third kappa shape index (κ3) is 5.76. The zero-order chi connectivity index (χ0) is 26.2. The minimum atomic E-state index is -3.80. The van der Waals surface area contributed by atoms with Crippen LogP contribution >= 0.6 is 34.5 Å². The molecule has 1 unspecified atom stereocenters. The van der Waals surface area contributed by atoms with E-state index in [4.69, 9.17) is 32.9 Å². The maximum Gasteiger partial charge on any atom is 0.261 e. The number of amides is 1. The SMILES string of the molecule is Cc1cc(Cl)cc2sc(N(CC3CCCO3)C(=O)c3ccc(NS(=O)(=O)c4ccc(Cl)cc4)cc3)nc12. The topological polar surface area (TPSA) is 88.6 Å². The fraction of sp³-hybridized carbons (Fsp3) is 0.231. The molecule has 1 aliphatic rings. The number of hydrogen-bond donors (Lipinski definition) is 1. The number of carbonyl (C=O) groups excluding carboxylic acids is 1. The first kappa shape index (κ1) is 25.9. The Kier molecular flexibility index (Phi) is 7.42. The molecule has 2 heterocycles. The van der Waals surface area contributed by atoms with Crippen LogP contribution in [0.2, 0.25) is 10.0 Å². The van der Waals surface area contributed by atoms with E-state index in [9.17, 15) is 13.2 Å². The van der Waals surface area contributed by atoms with Crippen molar-refractivity contribution >= 4 is 71.5 Å². The van der Waals surface area contributed by atoms with Crippen molar-refractivity contribution in [3.63, 3.8) is 0 Å². The van der Waals surface area contributed by atoms with Crippen molar-refractivity contribution in [2.75, 3.05) is 22.8 Å². The molecule has 0 spiro atoms. The number of thiazole rings is 1. The van der Waals surface area contributed by atoms with Gasteiger partial charge in [-0.25, -0.2) is 13.4 Å². The second-order valence-corrected chi connectivity index (χ2v) is 12.3. The number of benzene rings is 3. The fourth-order valence-corrected chi connectivity index (χ4v) is 6.78. The molecular formula is C26H23Cl2N3O4S2. The van der Waals surface area contributed by atoms with Gasteiger partial charge < -0.3 is 4.74 Å². The van der Waals surface area contributed by atoms with Gasteiger partial charge in [-0.2, -0.15) is 0 Å². The highest BCUT2D eigenvalue weighted by molar-refractivity contribution is 7.92. The quantitative estimate of drug-likeness (QED) is 0.270. The molecule has 5 rings (SSSR count). The average molecular weight is 577 g/mol. The number of hydrogen-bond acceptors (Lipinski definition) is 6. The van der Waals surface area contributed by atoms with E-state index in [1.165, 1.54) is 35.6 Å². The highest BCUT2D eigenvalue weighted by atomic mass is 35.5. The third-order valence-electron chi connectivity index (χ3n) is 6.03. The molecule has 192 valence electrons. The smallest absolute Gasteiger partial charge is 0.261 e. The van der Waals surface area contributed by atoms with Crippen LogP contribution in [0.4, 0.5) is 10.8 Å². The molecule has 37 heavy (non-hydrogen) atoms. The van der Waals surface area contributed by atoms with Crippen molar-refractivity contribution in [2.24, 2.45) is 0 Å². The number of aryl methyl sites for hydroxylation is 1. The Labute approximate surface area is 229 Å². The lowest BCUT2D eigenvalue weighted by molar-refractivity contribution is 0.0917. The Morgan fingerprint density at radius 2 is 1.84 bits per heavy atom. The van der Waals surface area contributed by atoms with Crippen LogP contribution in [0.3, 0.4) is 0 Å². The van der Waals surface area contributed by atoms with Crippen LogP contribution in [0.25, 0.3) is 10.2 Å². The first-order valence-electron chi connectivity index (χ1n) is 11.6. The molecule has 7 nitrogen and oxygen atoms in total. The Balaban J connectivity index is 1.41. The zero-order valence-corrected chi connectivity index (χ0v) is 22.9. The van der Waals surface area contributed by atoms with Crippen molar-refractivity contribution in [2.45, 2.75) is 30.8 Å². The summed E-state index contributed by atoms with van der Waals surface area (Å²) >= 11 is 13.5. The second-order valence-electron chi connectivity index (χ2n) is 8.75. The Hall–Kier alpha value is -2.69. The van der Waals surface area contributed by atoms with Crippen molar-refractivity contribution in [1.82, 2.24) is 4.98 Å². The molecule has 1 aliphatic heterocycles. The van der Waals surface area contributed by atoms with Gasteiger partial charge in [0.1, 0.15) is 0 Å². The van der Waals surface area contributed by atoms with Crippen molar-refractivity contribution in [3.8, 4) is 0 Å². The Morgan fingerprint density at radius 3 is 2.51 bits per heavy atom. The first-order chi connectivity index (χ1) is 17.7. The van der Waals surface area contributed by atoms with Crippen LogP contribution in [0.5, 0.6) is 0 Å². The molecule has 1 N–H and O–H groups in total. The minimum Gasteiger partial charge on any atom is -0.376 e. The van der Waals surface area contributed by atoms with Crippen molar-refractivity contribution in [3.05, 3.63) is 81.8 Å². The number of fused-ring (bicyclic) bond motifs is 1. The van der Waals surface area contributed by atoms with Gasteiger partial charge in [-0.05, 0) is 86.0 Å². The number of sulfonamides is 1. The maximum atomic E-state index is 13.7. The van der Waals surface area contributed by atoms with E-state index in [-0.39, 0.29) is 16.9 Å². The van der Waals surface area contributed by atoms with Gasteiger partial charge in [0.25, 0.3) is 15.9 Å². The predicted molar refractivity (Wildman–Crippen MR) is 149 cm³/mol. The molecular weight excluding hydrogens is 553 g/mol. The predicted octanol–water partition coefficient (Wildman–Crippen LogP) is 6.54. The Bertz CT molecular complexity index is 1550. The Morgan fingerprint density at radius 1 is 1.11 bits per heavy atom. The van der Waals surface area contributed by atoms with Gasteiger partial charge in [0.2, 0.25) is 0 Å². The fourth-order valence-electron chi connectivity index (χ4n) is 4.16. The molecule has 4 aromatic rings. The number of carbonyl (C=O) groups is 1. The number of nitrogens with one attached hydrogen (secondary N) is 1. The molecule has 1 atom stereocenters. The number of rotatable bonds is 7. The summed E-state index contributed by atoms with van der Waals surface area (Å²) in [4.78, 5) is 20.2. The second kappa shape index (κ2) is 10.6. The highest BCUT2D eigenvalue weighted by Gasteiger charge is 2.27. The van der Waals surface area contributed by atoms with Gasteiger partial charge in [-0.1, -0.05) is 34.5 Å². The summed E-state index contributed by atoms with van der Waals surface area (Å²) in [5, 5.41) is 1.63. The molecule has 1 fully saturated rings. The van der Waals surface area contributed by atoms with Crippen LogP contribution in [0.1, 0.15) is 28.8 Å². The van der Waals surface area contributed by atoms with Crippen molar-refractivity contribution < 1.29 is 17.9 Å². The van der Waals surface area contributed by atoms with Gasteiger partial charge in [0.15, 0.2) is 5.13 Å². The molecule has 1 saturated heterocycles. The van der Waals surface area contributed by atoms with E-state index in [1.807, 2.05) is 19.1 Å². The summed E-state index contributed by atoms with van der Waals surface area (Å²) in [7, 11) is -3.80. The maximum absolute atomic E-state index is 13.7. The van der Waals surface area contributed by atoms with E-state index in [0.717, 1.165) is 28.6 Å². The zero-order valence-electron chi connectivity index (χ0n) is 19.8. The normalized spacial score (nSPS) is 15.7. The van der Waals surface area contributed by atoms with Gasteiger partial charge in [0, 0.05) is 27.9 Å². The molecule has 11 heteroatoms. The summed E-state index contributed by atoms with van der Waals surface area (Å²) in [6.07, 6.45) is 1.74. The van der Waals surface area contributed by atoms with E-state index in [1.54, 1.807) is 29.2 Å². The van der Waals surface area contributed by atoms with Crippen LogP contribution < -0.4 is 9.62 Å². The van der Waals surface area contributed by atoms with Crippen LogP contribution in [0, 0.1) is 6.92 Å². The van der Waals surface area contributed by atoms with Gasteiger partial charge >= 0.3 is 0 Å². The average Bonchev–Trinajstić information content (AvgIpc) is 3.53. The van der Waals surface area contributed by atoms with E-state index in [2.05, 4.69) is 4.72 Å². The first-order valence-corrected chi connectivity index (χ1v) is 14.6. The molecule has 0 bridgehead atoms. The molecule has 1 aromatic heterocycles. The number of aromatic nitrogens is 1. The molecule has 0 aliphatic carbocycles. The summed E-state index contributed by atoms with van der Waals surface area (Å²) < 4.78 is 34.6. The van der Waals surface area contributed by atoms with Crippen LogP contribution in [-0.4, -0.2) is 38.6 Å². The number of nitrogens with zero attached hydrogens (tertiary/aromatic N) is 2. The minimum absolute atomic E-state index is 0.0777. The monoisotopic (exact) mass is 575 g/mol. The van der Waals surface area contributed by atoms with Gasteiger partial charge in [-0.3, -0.25) is 14.4 Å². The van der Waals surface area contributed by atoms with Crippen molar-refractivity contribution in [1.29, 1.82) is 0 Å². The summed E-state index contributed by atoms with van der Waals surface area (Å²) in [5.74, 6) is -0.245. The standard InChI is InChI=1S/C26H23Cl2N3O4S2/c1-16-13-19(28)14-23-24(16)29-26(36-23)31(15-21-3-2-12-35-21)25(32)17-4-8-20(9-5-17)30-37(33,34)22-10-6-18(27)7-11-22/h4-11,13-14,21,30H,2-3,12,15H2,1H3. The van der Waals surface area contributed by atoms with E-state index >= 15 is 0 Å². The van der Waals surface area contributed by atoms with Gasteiger partial charge in [-0.15, -0.1) is 0 Å². The van der Waals surface area contributed by atoms with Crippen LogP contribution in [-0.2, 0) is 14.8 Å². The largest absolute Gasteiger partial charge is 0.376 e. The molecule has 3 aromatic carbocycles. The summed E-state index contributed by atoms with van der Waals surface area (Å²) in [6.45, 7) is 2.98. The lowest BCUT2D eigenvalue weighted by Gasteiger charge is -2.23. The van der Waals surface area contributed by atoms with E-state index in [0.29, 0.717) is 39.6 Å². The lowest BCUT2D eigenvalue weighted by atomic mass is 10.1. The van der Waals surface area contributed by atoms with E-state index < -0.39 is 10.0 Å². The van der Waals surface area contributed by atoms with Gasteiger partial charge in [0.05, 0.1) is 27.8 Å².